The van der Waals surface area contributed by atoms with Crippen molar-refractivity contribution in [3.8, 4) is 0 Å². The van der Waals surface area contributed by atoms with E-state index < -0.39 is 17.7 Å². The molecule has 0 fully saturated rings. The second kappa shape index (κ2) is 9.91. The van der Waals surface area contributed by atoms with Gasteiger partial charge in [0.15, 0.2) is 0 Å². The minimum atomic E-state index is -0.985. The highest BCUT2D eigenvalue weighted by atomic mass is 19.1. The van der Waals surface area contributed by atoms with Crippen molar-refractivity contribution in [1.82, 2.24) is 10.9 Å². The van der Waals surface area contributed by atoms with Crippen LogP contribution in [0.1, 0.15) is 24.5 Å². The van der Waals surface area contributed by atoms with Crippen molar-refractivity contribution in [2.24, 2.45) is 16.1 Å². The molecule has 140 valence electrons. The molecule has 0 atom stereocenters. The number of amides is 2. The van der Waals surface area contributed by atoms with Crippen LogP contribution in [-0.2, 0) is 9.59 Å². The van der Waals surface area contributed by atoms with Crippen molar-refractivity contribution in [2.75, 3.05) is 0 Å². The average Bonchev–Trinajstić information content (AvgIpc) is 2.65. The summed E-state index contributed by atoms with van der Waals surface area (Å²) in [6.07, 6.45) is 2.93. The van der Waals surface area contributed by atoms with Crippen molar-refractivity contribution in [3.05, 3.63) is 71.3 Å². The minimum absolute atomic E-state index is 0.246. The molecule has 0 radical (unpaired) electrons. The lowest BCUT2D eigenvalue weighted by Gasteiger charge is -2.10. The first-order valence-electron chi connectivity index (χ1n) is 8.16. The summed E-state index contributed by atoms with van der Waals surface area (Å²) < 4.78 is 25.6. The van der Waals surface area contributed by atoms with Gasteiger partial charge in [0.05, 0.1) is 12.4 Å². The molecule has 0 spiro atoms. The van der Waals surface area contributed by atoms with Crippen LogP contribution in [0.25, 0.3) is 0 Å². The van der Waals surface area contributed by atoms with E-state index in [2.05, 4.69) is 21.1 Å². The molecule has 2 amide bonds. The van der Waals surface area contributed by atoms with Crippen LogP contribution in [0.4, 0.5) is 8.78 Å². The Hall–Kier alpha value is -3.42. The summed E-state index contributed by atoms with van der Waals surface area (Å²) in [5.41, 5.74) is 5.74. The first-order chi connectivity index (χ1) is 13.0. The first kappa shape index (κ1) is 19.9. The van der Waals surface area contributed by atoms with Gasteiger partial charge in [0.1, 0.15) is 17.6 Å². The number of hydrazone groups is 2. The maximum Gasteiger partial charge on any atom is 0.252 e. The van der Waals surface area contributed by atoms with Crippen molar-refractivity contribution < 1.29 is 18.4 Å². The van der Waals surface area contributed by atoms with Crippen molar-refractivity contribution in [3.63, 3.8) is 0 Å². The van der Waals surface area contributed by atoms with E-state index in [0.29, 0.717) is 11.1 Å². The number of carbonyl (C=O) groups is 2. The Kier molecular flexibility index (Phi) is 7.30. The third kappa shape index (κ3) is 6.43. The highest BCUT2D eigenvalue weighted by Gasteiger charge is 2.24. The number of nitrogens with one attached hydrogen (secondary N) is 2. The topological polar surface area (TPSA) is 82.9 Å². The second-order valence-electron chi connectivity index (χ2n) is 5.53. The highest BCUT2D eigenvalue weighted by Crippen LogP contribution is 2.04. The lowest BCUT2D eigenvalue weighted by Crippen LogP contribution is -2.37. The fourth-order valence-corrected chi connectivity index (χ4v) is 2.08. The molecule has 0 aliphatic rings. The Bertz CT molecular complexity index is 764. The zero-order valence-corrected chi connectivity index (χ0v) is 14.5. The molecular weight excluding hydrogens is 354 g/mol. The van der Waals surface area contributed by atoms with E-state index in [4.69, 9.17) is 0 Å². The number of nitrogens with zero attached hydrogens (tertiary/aromatic N) is 2. The van der Waals surface area contributed by atoms with E-state index in [0.717, 1.165) is 0 Å². The van der Waals surface area contributed by atoms with Crippen LogP contribution in [0.5, 0.6) is 0 Å². The van der Waals surface area contributed by atoms with Gasteiger partial charge in [-0.1, -0.05) is 31.2 Å². The number of benzene rings is 2. The van der Waals surface area contributed by atoms with Crippen molar-refractivity contribution >= 4 is 24.2 Å². The largest absolute Gasteiger partial charge is 0.272 e. The molecule has 2 rings (SSSR count). The van der Waals surface area contributed by atoms with Gasteiger partial charge >= 0.3 is 0 Å². The van der Waals surface area contributed by atoms with Crippen LogP contribution in [0, 0.1) is 17.6 Å². The quantitative estimate of drug-likeness (QED) is 0.445. The molecule has 0 bridgehead atoms. The Labute approximate surface area is 155 Å². The smallest absolute Gasteiger partial charge is 0.252 e. The minimum Gasteiger partial charge on any atom is -0.272 e. The van der Waals surface area contributed by atoms with Gasteiger partial charge in [0, 0.05) is 0 Å². The lowest BCUT2D eigenvalue weighted by molar-refractivity contribution is -0.135. The van der Waals surface area contributed by atoms with Gasteiger partial charge < -0.3 is 0 Å². The Morgan fingerprint density at radius 2 is 1.22 bits per heavy atom. The first-order valence-corrected chi connectivity index (χ1v) is 8.16. The maximum atomic E-state index is 12.8. The summed E-state index contributed by atoms with van der Waals surface area (Å²) in [4.78, 5) is 24.2. The van der Waals surface area contributed by atoms with Crippen molar-refractivity contribution in [2.45, 2.75) is 13.3 Å². The maximum absolute atomic E-state index is 12.8. The van der Waals surface area contributed by atoms with E-state index in [1.165, 1.54) is 61.0 Å². The molecule has 0 saturated carbocycles. The van der Waals surface area contributed by atoms with Gasteiger partial charge in [-0.2, -0.15) is 10.2 Å². The lowest BCUT2D eigenvalue weighted by atomic mass is 10.1. The van der Waals surface area contributed by atoms with Crippen LogP contribution >= 0.6 is 0 Å². The zero-order valence-electron chi connectivity index (χ0n) is 14.5. The highest BCUT2D eigenvalue weighted by molar-refractivity contribution is 6.00. The van der Waals surface area contributed by atoms with Gasteiger partial charge in [-0.25, -0.2) is 19.6 Å². The Morgan fingerprint density at radius 1 is 0.852 bits per heavy atom. The van der Waals surface area contributed by atoms with E-state index in [1.807, 2.05) is 0 Å². The van der Waals surface area contributed by atoms with E-state index in [1.54, 1.807) is 6.92 Å². The molecule has 2 N–H and O–H groups in total. The molecule has 27 heavy (non-hydrogen) atoms. The van der Waals surface area contributed by atoms with E-state index in [-0.39, 0.29) is 18.1 Å². The summed E-state index contributed by atoms with van der Waals surface area (Å²) in [6.45, 7) is 1.68. The van der Waals surface area contributed by atoms with Crippen LogP contribution in [0.2, 0.25) is 0 Å². The standard InChI is InChI=1S/C19H18F2N4O2/c1-2-17(18(26)24-22-11-13-3-7-15(20)8-4-13)19(27)25-23-12-14-5-9-16(21)10-6-14/h3-12,17H,2H2,1H3,(H,24,26)(H,25,27)/b22-11+,23-12+. The van der Waals surface area contributed by atoms with Crippen LogP contribution in [0.3, 0.4) is 0 Å². The summed E-state index contributed by atoms with van der Waals surface area (Å²) in [5, 5.41) is 7.52. The monoisotopic (exact) mass is 372 g/mol. The Balaban J connectivity index is 1.87. The van der Waals surface area contributed by atoms with Gasteiger partial charge in [-0.3, -0.25) is 9.59 Å². The molecule has 0 saturated heterocycles. The molecule has 0 aliphatic heterocycles. The van der Waals surface area contributed by atoms with E-state index >= 15 is 0 Å². The van der Waals surface area contributed by atoms with Crippen LogP contribution in [0.15, 0.2) is 58.7 Å². The fourth-order valence-electron chi connectivity index (χ4n) is 2.08. The molecule has 0 aliphatic carbocycles. The third-order valence-electron chi connectivity index (χ3n) is 3.56. The van der Waals surface area contributed by atoms with Gasteiger partial charge in [-0.15, -0.1) is 0 Å². The molecule has 0 aromatic heterocycles. The molecule has 6 nitrogen and oxygen atoms in total. The van der Waals surface area contributed by atoms with Gasteiger partial charge in [0.2, 0.25) is 0 Å². The summed E-state index contributed by atoms with van der Waals surface area (Å²) in [5.74, 6) is -2.92. The Morgan fingerprint density at radius 3 is 1.56 bits per heavy atom. The third-order valence-corrected chi connectivity index (χ3v) is 3.56. The molecule has 2 aromatic carbocycles. The molecule has 8 heteroatoms. The number of carbonyl (C=O) groups excluding carboxylic acids is 2. The number of rotatable bonds is 7. The predicted molar refractivity (Wildman–Crippen MR) is 98.1 cm³/mol. The zero-order chi connectivity index (χ0) is 19.6. The summed E-state index contributed by atoms with van der Waals surface area (Å²) >= 11 is 0. The summed E-state index contributed by atoms with van der Waals surface area (Å²) in [7, 11) is 0. The van der Waals surface area contributed by atoms with Gasteiger partial charge in [0.25, 0.3) is 11.8 Å². The predicted octanol–water partition coefficient (Wildman–Crippen LogP) is 2.59. The normalized spacial score (nSPS) is 11.3. The SMILES string of the molecule is CCC(C(=O)N/N=C/c1ccc(F)cc1)C(=O)N/N=C/c1ccc(F)cc1. The summed E-state index contributed by atoms with van der Waals surface area (Å²) in [6, 6.07) is 11.1. The molecule has 0 unspecified atom stereocenters. The van der Waals surface area contributed by atoms with Crippen molar-refractivity contribution in [1.29, 1.82) is 0 Å². The van der Waals surface area contributed by atoms with Gasteiger partial charge in [-0.05, 0) is 41.8 Å². The average molecular weight is 372 g/mol. The molecule has 2 aromatic rings. The van der Waals surface area contributed by atoms with Crippen LogP contribution < -0.4 is 10.9 Å². The fraction of sp³-hybridized carbons (Fsp3) is 0.158. The number of hydrogen-bond donors (Lipinski definition) is 2. The number of hydrogen-bond acceptors (Lipinski definition) is 4. The molecule has 0 heterocycles. The van der Waals surface area contributed by atoms with E-state index in [9.17, 15) is 18.4 Å². The second-order valence-corrected chi connectivity index (χ2v) is 5.53. The molecular formula is C19H18F2N4O2. The van der Waals surface area contributed by atoms with Crippen LogP contribution in [-0.4, -0.2) is 24.2 Å². The number of halogens is 2.